The lowest BCUT2D eigenvalue weighted by Crippen LogP contribution is -2.47. The fourth-order valence-electron chi connectivity index (χ4n) is 3.45. The fraction of sp³-hybridized carbons (Fsp3) is 0.304. The molecular weight excluding hydrogens is 418 g/mol. The number of nitrogens with zero attached hydrogens (tertiary/aromatic N) is 3. The summed E-state index contributed by atoms with van der Waals surface area (Å²) in [6.07, 6.45) is 2.82. The lowest BCUT2D eigenvalue weighted by atomic mass is 10.2. The van der Waals surface area contributed by atoms with Crippen molar-refractivity contribution in [1.29, 1.82) is 0 Å². The van der Waals surface area contributed by atoms with Gasteiger partial charge in [0.15, 0.2) is 5.17 Å². The van der Waals surface area contributed by atoms with Gasteiger partial charge in [-0.25, -0.2) is 0 Å². The molecule has 0 radical (unpaired) electrons. The van der Waals surface area contributed by atoms with Crippen molar-refractivity contribution in [3.8, 4) is 5.75 Å². The molecule has 0 saturated carbocycles. The first-order valence-corrected chi connectivity index (χ1v) is 11.3. The van der Waals surface area contributed by atoms with Crippen LogP contribution in [-0.4, -0.2) is 48.8 Å². The number of carbonyl (C=O) groups is 1. The molecule has 1 amide bonds. The van der Waals surface area contributed by atoms with Gasteiger partial charge >= 0.3 is 0 Å². The Labute approximate surface area is 186 Å². The van der Waals surface area contributed by atoms with Gasteiger partial charge in [-0.15, -0.1) is 0 Å². The lowest BCUT2D eigenvalue weighted by molar-refractivity contribution is -0.113. The molecule has 2 aromatic carbocycles. The number of amides is 1. The zero-order valence-electron chi connectivity index (χ0n) is 16.9. The van der Waals surface area contributed by atoms with Crippen molar-refractivity contribution < 1.29 is 9.53 Å². The van der Waals surface area contributed by atoms with E-state index in [0.29, 0.717) is 11.5 Å². The lowest BCUT2D eigenvalue weighted by Gasteiger charge is -2.36. The van der Waals surface area contributed by atoms with E-state index in [4.69, 9.17) is 16.3 Å². The van der Waals surface area contributed by atoms with E-state index in [1.807, 2.05) is 48.5 Å². The highest BCUT2D eigenvalue weighted by molar-refractivity contribution is 8.18. The first-order valence-electron chi connectivity index (χ1n) is 10.1. The number of benzene rings is 2. The van der Waals surface area contributed by atoms with E-state index >= 15 is 0 Å². The number of thioether (sulfide) groups is 1. The first-order chi connectivity index (χ1) is 14.6. The van der Waals surface area contributed by atoms with Crippen LogP contribution < -0.4 is 9.64 Å². The molecule has 4 rings (SSSR count). The summed E-state index contributed by atoms with van der Waals surface area (Å²) in [5.41, 5.74) is 2.03. The van der Waals surface area contributed by atoms with Crippen LogP contribution in [0.4, 0.5) is 5.69 Å². The Morgan fingerprint density at radius 1 is 1.10 bits per heavy atom. The number of anilines is 1. The Morgan fingerprint density at radius 2 is 1.87 bits per heavy atom. The largest absolute Gasteiger partial charge is 0.493 e. The summed E-state index contributed by atoms with van der Waals surface area (Å²) in [6, 6.07) is 15.7. The van der Waals surface area contributed by atoms with Gasteiger partial charge in [-0.05, 0) is 48.5 Å². The van der Waals surface area contributed by atoms with Gasteiger partial charge in [0.2, 0.25) is 0 Å². The van der Waals surface area contributed by atoms with Gasteiger partial charge in [-0.2, -0.15) is 4.99 Å². The number of hydrogen-bond donors (Lipinski definition) is 0. The fourth-order valence-corrected chi connectivity index (χ4v) is 4.59. The van der Waals surface area contributed by atoms with Crippen molar-refractivity contribution in [1.82, 2.24) is 4.90 Å². The molecule has 156 valence electrons. The minimum Gasteiger partial charge on any atom is -0.493 e. The van der Waals surface area contributed by atoms with Crippen LogP contribution in [0.1, 0.15) is 18.9 Å². The summed E-state index contributed by atoms with van der Waals surface area (Å²) in [6.45, 7) is 6.08. The molecule has 1 fully saturated rings. The second-order valence-electron chi connectivity index (χ2n) is 7.15. The number of para-hydroxylation sites is 1. The number of carbonyl (C=O) groups excluding carboxylic acids is 1. The molecule has 0 aliphatic carbocycles. The maximum Gasteiger partial charge on any atom is 0.286 e. The van der Waals surface area contributed by atoms with E-state index < -0.39 is 0 Å². The highest BCUT2D eigenvalue weighted by Gasteiger charge is 2.28. The van der Waals surface area contributed by atoms with Crippen molar-refractivity contribution >= 4 is 46.2 Å². The van der Waals surface area contributed by atoms with Crippen LogP contribution in [0.15, 0.2) is 58.4 Å². The second kappa shape index (κ2) is 9.58. The summed E-state index contributed by atoms with van der Waals surface area (Å²) < 4.78 is 5.81. The van der Waals surface area contributed by atoms with Crippen molar-refractivity contribution in [3.05, 3.63) is 64.0 Å². The highest BCUT2D eigenvalue weighted by Crippen LogP contribution is 2.33. The van der Waals surface area contributed by atoms with Crippen molar-refractivity contribution in [2.45, 2.75) is 13.3 Å². The van der Waals surface area contributed by atoms with Crippen LogP contribution in [-0.2, 0) is 4.79 Å². The Morgan fingerprint density at radius 3 is 2.63 bits per heavy atom. The third-order valence-electron chi connectivity index (χ3n) is 5.00. The summed E-state index contributed by atoms with van der Waals surface area (Å²) in [5.74, 6) is 0.612. The number of rotatable bonds is 5. The van der Waals surface area contributed by atoms with E-state index in [-0.39, 0.29) is 5.91 Å². The Balaban J connectivity index is 1.41. The van der Waals surface area contributed by atoms with E-state index in [9.17, 15) is 4.79 Å². The van der Waals surface area contributed by atoms with Crippen LogP contribution in [0, 0.1) is 0 Å². The van der Waals surface area contributed by atoms with Gasteiger partial charge < -0.3 is 14.5 Å². The Bertz CT molecular complexity index is 984. The molecule has 1 saturated heterocycles. The van der Waals surface area contributed by atoms with Crippen LogP contribution >= 0.6 is 23.4 Å². The number of aliphatic imine (C=N–C) groups is 1. The predicted octanol–water partition coefficient (Wildman–Crippen LogP) is 4.92. The summed E-state index contributed by atoms with van der Waals surface area (Å²) in [5, 5.41) is 1.53. The van der Waals surface area contributed by atoms with Crippen molar-refractivity contribution in [3.63, 3.8) is 0 Å². The van der Waals surface area contributed by atoms with E-state index in [1.54, 1.807) is 0 Å². The molecule has 2 aliphatic heterocycles. The monoisotopic (exact) mass is 441 g/mol. The van der Waals surface area contributed by atoms with Crippen LogP contribution in [0.3, 0.4) is 0 Å². The van der Waals surface area contributed by atoms with Gasteiger partial charge in [0, 0.05) is 42.5 Å². The average molecular weight is 442 g/mol. The smallest absolute Gasteiger partial charge is 0.286 e. The minimum atomic E-state index is -0.183. The molecule has 0 spiro atoms. The SMILES string of the molecule is CCCOc1ccccc1/C=C1\SC(N2CCN(c3cccc(Cl)c3)CC2)=NC1=O. The summed E-state index contributed by atoms with van der Waals surface area (Å²) in [7, 11) is 0. The Hall–Kier alpha value is -2.44. The van der Waals surface area contributed by atoms with Gasteiger partial charge in [0.05, 0.1) is 11.5 Å². The molecule has 0 unspecified atom stereocenters. The van der Waals surface area contributed by atoms with E-state index in [2.05, 4.69) is 27.8 Å². The highest BCUT2D eigenvalue weighted by atomic mass is 35.5. The van der Waals surface area contributed by atoms with Gasteiger partial charge in [0.25, 0.3) is 5.91 Å². The molecule has 2 aromatic rings. The van der Waals surface area contributed by atoms with Crippen LogP contribution in [0.2, 0.25) is 5.02 Å². The van der Waals surface area contributed by atoms with Crippen LogP contribution in [0.5, 0.6) is 5.75 Å². The maximum atomic E-state index is 12.5. The molecule has 2 heterocycles. The van der Waals surface area contributed by atoms with E-state index in [1.165, 1.54) is 11.8 Å². The second-order valence-corrected chi connectivity index (χ2v) is 8.60. The zero-order chi connectivity index (χ0) is 20.9. The number of amidine groups is 1. The predicted molar refractivity (Wildman–Crippen MR) is 125 cm³/mol. The number of ether oxygens (including phenoxy) is 1. The van der Waals surface area contributed by atoms with Gasteiger partial charge in [0.1, 0.15) is 5.75 Å². The molecule has 0 aromatic heterocycles. The molecule has 0 bridgehead atoms. The van der Waals surface area contributed by atoms with Gasteiger partial charge in [-0.3, -0.25) is 4.79 Å². The van der Waals surface area contributed by atoms with Crippen LogP contribution in [0.25, 0.3) is 6.08 Å². The van der Waals surface area contributed by atoms with Gasteiger partial charge in [-0.1, -0.05) is 42.8 Å². The number of halogens is 1. The third-order valence-corrected chi connectivity index (χ3v) is 6.28. The number of piperazine rings is 1. The summed E-state index contributed by atoms with van der Waals surface area (Å²) >= 11 is 7.57. The molecule has 30 heavy (non-hydrogen) atoms. The van der Waals surface area contributed by atoms with Crippen molar-refractivity contribution in [2.24, 2.45) is 4.99 Å². The molecule has 0 atom stereocenters. The average Bonchev–Trinajstić information content (AvgIpc) is 3.13. The third kappa shape index (κ3) is 4.82. The molecule has 5 nitrogen and oxygen atoms in total. The van der Waals surface area contributed by atoms with Crippen molar-refractivity contribution in [2.75, 3.05) is 37.7 Å². The van der Waals surface area contributed by atoms with E-state index in [0.717, 1.165) is 59.8 Å². The topological polar surface area (TPSA) is 45.1 Å². The Kier molecular flexibility index (Phi) is 6.65. The summed E-state index contributed by atoms with van der Waals surface area (Å²) in [4.78, 5) is 21.9. The molecule has 0 N–H and O–H groups in total. The molecule has 7 heteroatoms. The molecular formula is C23H24ClN3O2S. The first kappa shape index (κ1) is 20.8. The normalized spacial score (nSPS) is 18.1. The minimum absolute atomic E-state index is 0.183. The molecule has 2 aliphatic rings. The number of hydrogen-bond acceptors (Lipinski definition) is 5. The quantitative estimate of drug-likeness (QED) is 0.616. The standard InChI is InChI=1S/C23H24ClN3O2S/c1-2-14-29-20-9-4-3-6-17(20)15-21-22(28)25-23(30-21)27-12-10-26(11-13-27)19-8-5-7-18(24)16-19/h3-9,15-16H,2,10-14H2,1H3/b21-15-. The maximum absolute atomic E-state index is 12.5. The zero-order valence-corrected chi connectivity index (χ0v) is 18.5.